The quantitative estimate of drug-likeness (QED) is 0.849. The van der Waals surface area contributed by atoms with Crippen molar-refractivity contribution in [3.63, 3.8) is 0 Å². The fraction of sp³-hybridized carbons (Fsp3) is 0.412. The van der Waals surface area contributed by atoms with Gasteiger partial charge in [0.1, 0.15) is 18.4 Å². The van der Waals surface area contributed by atoms with Crippen molar-refractivity contribution in [2.24, 2.45) is 0 Å². The summed E-state index contributed by atoms with van der Waals surface area (Å²) in [5.41, 5.74) is 1.62. The van der Waals surface area contributed by atoms with Gasteiger partial charge in [-0.1, -0.05) is 11.6 Å². The summed E-state index contributed by atoms with van der Waals surface area (Å²) in [6, 6.07) is 6.17. The molecule has 0 saturated carbocycles. The van der Waals surface area contributed by atoms with Gasteiger partial charge >= 0.3 is 5.97 Å². The Morgan fingerprint density at radius 1 is 1.41 bits per heavy atom. The number of amides is 1. The summed E-state index contributed by atoms with van der Waals surface area (Å²) in [6.45, 7) is 4.91. The molecule has 118 valence electrons. The fourth-order valence-corrected chi connectivity index (χ4v) is 2.46. The van der Waals surface area contributed by atoms with Crippen molar-refractivity contribution in [2.75, 3.05) is 13.2 Å². The lowest BCUT2D eigenvalue weighted by atomic mass is 10.1. The third kappa shape index (κ3) is 3.87. The number of carbonyl (C=O) groups excluding carboxylic acids is 1. The molecule has 22 heavy (non-hydrogen) atoms. The molecule has 1 amide bonds. The molecule has 0 aromatic heterocycles. The van der Waals surface area contributed by atoms with Crippen molar-refractivity contribution in [2.45, 2.75) is 32.7 Å². The first-order valence-electron chi connectivity index (χ1n) is 7.39. The van der Waals surface area contributed by atoms with Gasteiger partial charge < -0.3 is 14.7 Å². The average Bonchev–Trinajstić information content (AvgIpc) is 2.96. The number of hydrogen-bond donors (Lipinski definition) is 1. The van der Waals surface area contributed by atoms with Crippen molar-refractivity contribution in [1.29, 1.82) is 0 Å². The molecule has 5 heteroatoms. The highest BCUT2D eigenvalue weighted by Gasteiger charge is 2.34. The number of benzene rings is 1. The van der Waals surface area contributed by atoms with E-state index in [-0.39, 0.29) is 5.91 Å². The van der Waals surface area contributed by atoms with E-state index in [4.69, 9.17) is 4.74 Å². The Hall–Kier alpha value is -2.30. The smallest absolute Gasteiger partial charge is 0.326 e. The van der Waals surface area contributed by atoms with Gasteiger partial charge in [0.15, 0.2) is 0 Å². The van der Waals surface area contributed by atoms with Crippen molar-refractivity contribution in [1.82, 2.24) is 4.90 Å². The Morgan fingerprint density at radius 3 is 2.86 bits per heavy atom. The number of likely N-dealkylation sites (tertiary alicyclic amines) is 1. The van der Waals surface area contributed by atoms with Gasteiger partial charge in [-0.2, -0.15) is 0 Å². The van der Waals surface area contributed by atoms with E-state index in [0.717, 1.165) is 12.0 Å². The first-order chi connectivity index (χ1) is 10.5. The topological polar surface area (TPSA) is 66.8 Å². The van der Waals surface area contributed by atoms with Crippen LogP contribution in [0.5, 0.6) is 5.75 Å². The van der Waals surface area contributed by atoms with Gasteiger partial charge in [0, 0.05) is 12.1 Å². The molecule has 0 bridgehead atoms. The number of carboxylic acids is 1. The number of rotatable bonds is 5. The first-order valence-corrected chi connectivity index (χ1v) is 7.39. The number of carbonyl (C=O) groups is 2. The zero-order chi connectivity index (χ0) is 16.1. The van der Waals surface area contributed by atoms with E-state index < -0.39 is 12.0 Å². The van der Waals surface area contributed by atoms with Gasteiger partial charge in [-0.15, -0.1) is 0 Å². The maximum atomic E-state index is 12.5. The number of allylic oxidation sites excluding steroid dienone is 1. The van der Waals surface area contributed by atoms with E-state index in [1.54, 1.807) is 24.3 Å². The zero-order valence-electron chi connectivity index (χ0n) is 12.9. The standard InChI is InChI=1S/C17H21NO4/c1-12(2)8-10-22-14-6-3-5-13(11-14)16(19)18-9-4-7-15(18)17(20)21/h3,5-6,8,11,15H,4,7,9-10H2,1-2H3,(H,20,21)/t15-/m0/s1. The van der Waals surface area contributed by atoms with E-state index >= 15 is 0 Å². The van der Waals surface area contributed by atoms with Crippen LogP contribution in [-0.2, 0) is 4.79 Å². The van der Waals surface area contributed by atoms with Gasteiger partial charge in [-0.05, 0) is 51.0 Å². The Morgan fingerprint density at radius 2 is 2.18 bits per heavy atom. The van der Waals surface area contributed by atoms with Crippen LogP contribution in [0.3, 0.4) is 0 Å². The summed E-state index contributed by atoms with van der Waals surface area (Å²) >= 11 is 0. The molecule has 1 aliphatic rings. The Balaban J connectivity index is 2.10. The van der Waals surface area contributed by atoms with Crippen LogP contribution < -0.4 is 4.74 Å². The molecule has 0 aliphatic carbocycles. The highest BCUT2D eigenvalue weighted by Crippen LogP contribution is 2.22. The minimum atomic E-state index is -0.943. The van der Waals surface area contributed by atoms with E-state index in [2.05, 4.69) is 0 Å². The first kappa shape index (κ1) is 16.1. The van der Waals surface area contributed by atoms with Gasteiger partial charge in [0.05, 0.1) is 0 Å². The maximum Gasteiger partial charge on any atom is 0.326 e. The van der Waals surface area contributed by atoms with Gasteiger partial charge in [0.25, 0.3) is 5.91 Å². The van der Waals surface area contributed by atoms with Crippen LogP contribution in [0.1, 0.15) is 37.0 Å². The van der Waals surface area contributed by atoms with Crippen molar-refractivity contribution in [3.05, 3.63) is 41.5 Å². The SMILES string of the molecule is CC(C)=CCOc1cccc(C(=O)N2CCC[C@H]2C(=O)O)c1. The number of nitrogens with zero attached hydrogens (tertiary/aromatic N) is 1. The maximum absolute atomic E-state index is 12.5. The van der Waals surface area contributed by atoms with Crippen LogP contribution in [0.4, 0.5) is 0 Å². The zero-order valence-corrected chi connectivity index (χ0v) is 12.9. The normalized spacial score (nSPS) is 17.2. The number of hydrogen-bond acceptors (Lipinski definition) is 3. The van der Waals surface area contributed by atoms with Gasteiger partial charge in [0.2, 0.25) is 0 Å². The monoisotopic (exact) mass is 303 g/mol. The minimum Gasteiger partial charge on any atom is -0.490 e. The molecule has 1 aromatic carbocycles. The second kappa shape index (κ2) is 7.11. The molecule has 0 spiro atoms. The Labute approximate surface area is 130 Å². The predicted octanol–water partition coefficient (Wildman–Crippen LogP) is 2.72. The summed E-state index contributed by atoms with van der Waals surface area (Å²) in [7, 11) is 0. The lowest BCUT2D eigenvalue weighted by Crippen LogP contribution is -2.40. The van der Waals surface area contributed by atoms with Crippen molar-refractivity contribution >= 4 is 11.9 Å². The molecule has 1 N–H and O–H groups in total. The molecule has 1 heterocycles. The largest absolute Gasteiger partial charge is 0.490 e. The third-order valence-corrected chi connectivity index (χ3v) is 3.62. The van der Waals surface area contributed by atoms with Crippen LogP contribution in [-0.4, -0.2) is 41.1 Å². The van der Waals surface area contributed by atoms with Crippen molar-refractivity contribution < 1.29 is 19.4 Å². The van der Waals surface area contributed by atoms with E-state index in [1.165, 1.54) is 4.90 Å². The molecule has 0 radical (unpaired) electrons. The second-order valence-corrected chi connectivity index (χ2v) is 5.62. The van der Waals surface area contributed by atoms with E-state index in [0.29, 0.717) is 30.9 Å². The number of carboxylic acid groups (broad SMARTS) is 1. The average molecular weight is 303 g/mol. The van der Waals surface area contributed by atoms with Gasteiger partial charge in [-0.3, -0.25) is 4.79 Å². The van der Waals surface area contributed by atoms with Crippen LogP contribution in [0.2, 0.25) is 0 Å². The summed E-state index contributed by atoms with van der Waals surface area (Å²) in [5, 5.41) is 9.18. The minimum absolute atomic E-state index is 0.252. The lowest BCUT2D eigenvalue weighted by molar-refractivity contribution is -0.141. The molecule has 0 unspecified atom stereocenters. The molecular formula is C17H21NO4. The molecule has 2 rings (SSSR count). The fourth-order valence-electron chi connectivity index (χ4n) is 2.46. The Kier molecular flexibility index (Phi) is 5.20. The van der Waals surface area contributed by atoms with E-state index in [9.17, 15) is 14.7 Å². The highest BCUT2D eigenvalue weighted by molar-refractivity contribution is 5.97. The molecule has 1 aromatic rings. The second-order valence-electron chi connectivity index (χ2n) is 5.62. The summed E-state index contributed by atoms with van der Waals surface area (Å²) in [6.07, 6.45) is 3.19. The van der Waals surface area contributed by atoms with Gasteiger partial charge in [-0.25, -0.2) is 4.79 Å². The highest BCUT2D eigenvalue weighted by atomic mass is 16.5. The summed E-state index contributed by atoms with van der Waals surface area (Å²) < 4.78 is 5.58. The molecule has 1 fully saturated rings. The van der Waals surface area contributed by atoms with Crippen LogP contribution in [0.15, 0.2) is 35.9 Å². The molecule has 1 aliphatic heterocycles. The lowest BCUT2D eigenvalue weighted by Gasteiger charge is -2.21. The molecule has 1 saturated heterocycles. The van der Waals surface area contributed by atoms with E-state index in [1.807, 2.05) is 19.9 Å². The van der Waals surface area contributed by atoms with Crippen molar-refractivity contribution in [3.8, 4) is 5.75 Å². The Bertz CT molecular complexity index is 590. The molecular weight excluding hydrogens is 282 g/mol. The predicted molar refractivity (Wildman–Crippen MR) is 83.1 cm³/mol. The van der Waals surface area contributed by atoms with Crippen LogP contribution in [0.25, 0.3) is 0 Å². The van der Waals surface area contributed by atoms with Crippen LogP contribution in [0, 0.1) is 0 Å². The molecule has 5 nitrogen and oxygen atoms in total. The summed E-state index contributed by atoms with van der Waals surface area (Å²) in [5.74, 6) is -0.589. The summed E-state index contributed by atoms with van der Waals surface area (Å²) in [4.78, 5) is 25.1. The third-order valence-electron chi connectivity index (χ3n) is 3.62. The molecule has 1 atom stereocenters. The number of ether oxygens (including phenoxy) is 1. The van der Waals surface area contributed by atoms with Crippen LogP contribution >= 0.6 is 0 Å². The number of aliphatic carboxylic acids is 1.